The van der Waals surface area contributed by atoms with Gasteiger partial charge in [0.25, 0.3) is 0 Å². The number of esters is 1. The van der Waals surface area contributed by atoms with Crippen molar-refractivity contribution in [1.29, 1.82) is 0 Å². The number of aromatic nitrogens is 2. The molecule has 0 aliphatic carbocycles. The molecular weight excluding hydrogens is 360 g/mol. The lowest BCUT2D eigenvalue weighted by Crippen LogP contribution is -2.25. The Morgan fingerprint density at radius 2 is 1.88 bits per heavy atom. The summed E-state index contributed by atoms with van der Waals surface area (Å²) < 4.78 is 11.2. The van der Waals surface area contributed by atoms with E-state index in [0.29, 0.717) is 23.2 Å². The van der Waals surface area contributed by atoms with Crippen molar-refractivity contribution in [2.24, 2.45) is 0 Å². The molecule has 0 radical (unpaired) electrons. The maximum atomic E-state index is 12.2. The SMILES string of the molecule is CSc1nc(Cl)c(CC(=O)OC(C)(C)C)c(OCc2ccccc2)n1. The summed E-state index contributed by atoms with van der Waals surface area (Å²) in [4.78, 5) is 20.7. The van der Waals surface area contributed by atoms with Gasteiger partial charge < -0.3 is 9.47 Å². The quantitative estimate of drug-likeness (QED) is 0.322. The number of carbonyl (C=O) groups excluding carboxylic acids is 1. The lowest BCUT2D eigenvalue weighted by molar-refractivity contribution is -0.153. The average molecular weight is 381 g/mol. The highest BCUT2D eigenvalue weighted by Crippen LogP contribution is 2.28. The largest absolute Gasteiger partial charge is 0.472 e. The predicted molar refractivity (Wildman–Crippen MR) is 99.1 cm³/mol. The molecular formula is C18H21ClN2O3S. The molecule has 0 unspecified atom stereocenters. The van der Waals surface area contributed by atoms with Crippen molar-refractivity contribution in [3.05, 3.63) is 46.6 Å². The van der Waals surface area contributed by atoms with Crippen LogP contribution in [0, 0.1) is 0 Å². The maximum absolute atomic E-state index is 12.2. The van der Waals surface area contributed by atoms with E-state index in [-0.39, 0.29) is 11.6 Å². The van der Waals surface area contributed by atoms with E-state index < -0.39 is 11.6 Å². The number of nitrogens with zero attached hydrogens (tertiary/aromatic N) is 2. The van der Waals surface area contributed by atoms with Gasteiger partial charge in [0, 0.05) is 0 Å². The van der Waals surface area contributed by atoms with E-state index in [1.165, 1.54) is 11.8 Å². The molecule has 0 N–H and O–H groups in total. The van der Waals surface area contributed by atoms with E-state index in [4.69, 9.17) is 21.1 Å². The standard InChI is InChI=1S/C18H21ClN2O3S/c1-18(2,3)24-14(22)10-13-15(19)20-17(25-4)21-16(13)23-11-12-8-6-5-7-9-12/h5-9H,10-11H2,1-4H3. The van der Waals surface area contributed by atoms with Crippen LogP contribution in [0.2, 0.25) is 5.15 Å². The Labute approximate surface area is 157 Å². The van der Waals surface area contributed by atoms with Crippen LogP contribution in [0.15, 0.2) is 35.5 Å². The summed E-state index contributed by atoms with van der Waals surface area (Å²) in [5.41, 5.74) is 0.852. The number of rotatable bonds is 6. The fraction of sp³-hybridized carbons (Fsp3) is 0.389. The highest BCUT2D eigenvalue weighted by Gasteiger charge is 2.22. The zero-order valence-corrected chi connectivity index (χ0v) is 16.3. The molecule has 25 heavy (non-hydrogen) atoms. The van der Waals surface area contributed by atoms with Crippen LogP contribution in [0.4, 0.5) is 0 Å². The van der Waals surface area contributed by atoms with Gasteiger partial charge >= 0.3 is 5.97 Å². The van der Waals surface area contributed by atoms with E-state index in [1.807, 2.05) is 57.4 Å². The minimum atomic E-state index is -0.575. The number of halogens is 1. The number of hydrogen-bond acceptors (Lipinski definition) is 6. The molecule has 7 heteroatoms. The van der Waals surface area contributed by atoms with Gasteiger partial charge in [0.05, 0.1) is 12.0 Å². The molecule has 0 spiro atoms. The lowest BCUT2D eigenvalue weighted by atomic mass is 10.2. The van der Waals surface area contributed by atoms with Gasteiger partial charge in [0.2, 0.25) is 5.88 Å². The van der Waals surface area contributed by atoms with Crippen LogP contribution in [0.3, 0.4) is 0 Å². The average Bonchev–Trinajstić information content (AvgIpc) is 2.54. The minimum Gasteiger partial charge on any atom is -0.472 e. The van der Waals surface area contributed by atoms with E-state index in [1.54, 1.807) is 0 Å². The molecule has 2 aromatic rings. The Morgan fingerprint density at radius 1 is 1.20 bits per heavy atom. The fourth-order valence-electron chi connectivity index (χ4n) is 2.03. The van der Waals surface area contributed by atoms with Crippen LogP contribution in [0.5, 0.6) is 5.88 Å². The molecule has 0 saturated heterocycles. The monoisotopic (exact) mass is 380 g/mol. The summed E-state index contributed by atoms with van der Waals surface area (Å²) >= 11 is 7.61. The molecule has 0 aliphatic heterocycles. The zero-order valence-electron chi connectivity index (χ0n) is 14.7. The first-order chi connectivity index (χ1) is 11.8. The van der Waals surface area contributed by atoms with Crippen LogP contribution in [0.1, 0.15) is 31.9 Å². The molecule has 5 nitrogen and oxygen atoms in total. The fourth-order valence-corrected chi connectivity index (χ4v) is 2.66. The summed E-state index contributed by atoms with van der Waals surface area (Å²) in [5, 5.41) is 0.689. The van der Waals surface area contributed by atoms with Gasteiger partial charge in [-0.25, -0.2) is 4.98 Å². The van der Waals surface area contributed by atoms with Crippen molar-refractivity contribution >= 4 is 29.3 Å². The molecule has 1 aromatic carbocycles. The Bertz CT molecular complexity index is 733. The number of thioether (sulfide) groups is 1. The van der Waals surface area contributed by atoms with Crippen molar-refractivity contribution in [2.75, 3.05) is 6.26 Å². The van der Waals surface area contributed by atoms with Gasteiger partial charge in [0.1, 0.15) is 17.4 Å². The number of hydrogen-bond donors (Lipinski definition) is 0. The molecule has 0 fully saturated rings. The second-order valence-corrected chi connectivity index (χ2v) is 7.45. The van der Waals surface area contributed by atoms with E-state index >= 15 is 0 Å². The van der Waals surface area contributed by atoms with Crippen molar-refractivity contribution in [3.63, 3.8) is 0 Å². The maximum Gasteiger partial charge on any atom is 0.311 e. The van der Waals surface area contributed by atoms with Crippen LogP contribution >= 0.6 is 23.4 Å². The summed E-state index contributed by atoms with van der Waals surface area (Å²) in [5.74, 6) is -0.0986. The second-order valence-electron chi connectivity index (χ2n) is 6.32. The Kier molecular flexibility index (Phi) is 6.67. The highest BCUT2D eigenvalue weighted by molar-refractivity contribution is 7.98. The van der Waals surface area contributed by atoms with Crippen molar-refractivity contribution in [1.82, 2.24) is 9.97 Å². The highest BCUT2D eigenvalue weighted by atomic mass is 35.5. The van der Waals surface area contributed by atoms with Gasteiger partial charge in [-0.05, 0) is 32.6 Å². The van der Waals surface area contributed by atoms with Crippen LogP contribution in [-0.4, -0.2) is 27.8 Å². The Balaban J connectivity index is 2.23. The summed E-state index contributed by atoms with van der Waals surface area (Å²) in [7, 11) is 0. The molecule has 0 saturated carbocycles. The molecule has 0 amide bonds. The van der Waals surface area contributed by atoms with Crippen molar-refractivity contribution < 1.29 is 14.3 Å². The third-order valence-corrected chi connectivity index (χ3v) is 3.90. The topological polar surface area (TPSA) is 61.3 Å². The van der Waals surface area contributed by atoms with Gasteiger partial charge in [-0.2, -0.15) is 4.98 Å². The van der Waals surface area contributed by atoms with Crippen molar-refractivity contribution in [2.45, 2.75) is 44.6 Å². The molecule has 134 valence electrons. The van der Waals surface area contributed by atoms with E-state index in [9.17, 15) is 4.79 Å². The second kappa shape index (κ2) is 8.54. The first kappa shape index (κ1) is 19.5. The molecule has 2 rings (SSSR count). The van der Waals surface area contributed by atoms with Crippen LogP contribution < -0.4 is 4.74 Å². The normalized spacial score (nSPS) is 11.2. The van der Waals surface area contributed by atoms with Gasteiger partial charge in [0.15, 0.2) is 5.16 Å². The van der Waals surface area contributed by atoms with Gasteiger partial charge in [-0.15, -0.1) is 0 Å². The smallest absolute Gasteiger partial charge is 0.311 e. The predicted octanol–water partition coefficient (Wildman–Crippen LogP) is 4.32. The summed E-state index contributed by atoms with van der Waals surface area (Å²) in [6.07, 6.45) is 1.80. The first-order valence-corrected chi connectivity index (χ1v) is 9.38. The first-order valence-electron chi connectivity index (χ1n) is 7.77. The van der Waals surface area contributed by atoms with E-state index in [2.05, 4.69) is 9.97 Å². The zero-order chi connectivity index (χ0) is 18.4. The lowest BCUT2D eigenvalue weighted by Gasteiger charge is -2.20. The minimum absolute atomic E-state index is 0.0467. The van der Waals surface area contributed by atoms with Gasteiger partial charge in [-0.1, -0.05) is 53.7 Å². The molecule has 0 aliphatic rings. The third kappa shape index (κ3) is 6.21. The summed E-state index contributed by atoms with van der Waals surface area (Å²) in [6.45, 7) is 5.76. The molecule has 0 atom stereocenters. The molecule has 1 aromatic heterocycles. The van der Waals surface area contributed by atoms with Crippen LogP contribution in [-0.2, 0) is 22.6 Å². The molecule has 1 heterocycles. The third-order valence-electron chi connectivity index (χ3n) is 3.04. The summed E-state index contributed by atoms with van der Waals surface area (Å²) in [6, 6.07) is 9.70. The Morgan fingerprint density at radius 3 is 2.48 bits per heavy atom. The van der Waals surface area contributed by atoms with Crippen molar-refractivity contribution in [3.8, 4) is 5.88 Å². The van der Waals surface area contributed by atoms with Crippen LogP contribution in [0.25, 0.3) is 0 Å². The Hall–Kier alpha value is -1.79. The number of ether oxygens (including phenoxy) is 2. The molecule has 0 bridgehead atoms. The number of benzene rings is 1. The van der Waals surface area contributed by atoms with Gasteiger partial charge in [-0.3, -0.25) is 4.79 Å². The number of carbonyl (C=O) groups is 1. The van der Waals surface area contributed by atoms with E-state index in [0.717, 1.165) is 5.56 Å².